The molecule has 0 heterocycles. The molecule has 0 unspecified atom stereocenters. The van der Waals surface area contributed by atoms with Gasteiger partial charge in [-0.1, -0.05) is 22.9 Å². The van der Waals surface area contributed by atoms with E-state index in [-0.39, 0.29) is 115 Å². The number of hydrogen-bond donors (Lipinski definition) is 0. The second-order valence-corrected chi connectivity index (χ2v) is 7.07. The molecule has 0 saturated carbocycles. The first-order chi connectivity index (χ1) is 12.1. The van der Waals surface area contributed by atoms with Crippen LogP contribution in [0, 0.1) is 6.92 Å². The third-order valence-corrected chi connectivity index (χ3v) is 4.55. The van der Waals surface area contributed by atoms with Crippen molar-refractivity contribution >= 4 is 39.1 Å². The molecular weight excluding hydrogens is 460 g/mol. The first-order valence-corrected chi connectivity index (χ1v) is 9.18. The van der Waals surface area contributed by atoms with Crippen LogP contribution in [0.4, 0.5) is 11.4 Å². The van der Waals surface area contributed by atoms with Gasteiger partial charge in [0.2, 0.25) is 0 Å². The van der Waals surface area contributed by atoms with Crippen LogP contribution in [0.15, 0.2) is 51.6 Å². The van der Waals surface area contributed by atoms with E-state index in [4.69, 9.17) is 11.6 Å². The van der Waals surface area contributed by atoms with Crippen molar-refractivity contribution in [3.05, 3.63) is 52.5 Å². The van der Waals surface area contributed by atoms with Crippen LogP contribution in [-0.2, 0) is 10.1 Å². The fraction of sp³-hybridized carbons (Fsp3) is 0.188. The molecular formula is C16H14ClK2N3O5S. The molecule has 2 aromatic carbocycles. The standard InChI is InChI=1S/C16H16ClN3O5S.2K/c1-3-20(19-18-14-8-11(17)5-4-10(14)2)15-7-6-12(26(23,24)25)9-13(15)16(21)22;;/h4-9H,3H2,1-2H3,(H,21,22)(H,23,24,25);;/q;2*+1/p-2. The molecule has 12 heteroatoms. The molecule has 0 aliphatic rings. The Kier molecular flexibility index (Phi) is 12.9. The molecule has 0 atom stereocenters. The van der Waals surface area contributed by atoms with Crippen LogP contribution in [0.5, 0.6) is 0 Å². The van der Waals surface area contributed by atoms with Crippen molar-refractivity contribution in [2.24, 2.45) is 10.3 Å². The van der Waals surface area contributed by atoms with Crippen LogP contribution >= 0.6 is 11.6 Å². The van der Waals surface area contributed by atoms with Gasteiger partial charge in [0.25, 0.3) is 0 Å². The molecule has 0 radical (unpaired) electrons. The van der Waals surface area contributed by atoms with Crippen molar-refractivity contribution in [1.82, 2.24) is 0 Å². The number of carbonyl (C=O) groups is 1. The summed E-state index contributed by atoms with van der Waals surface area (Å²) in [4.78, 5) is 10.7. The van der Waals surface area contributed by atoms with Gasteiger partial charge in [-0.15, -0.1) is 5.11 Å². The molecule has 0 aliphatic heterocycles. The molecule has 0 aliphatic carbocycles. The van der Waals surface area contributed by atoms with Crippen LogP contribution < -0.4 is 113 Å². The molecule has 2 aromatic rings. The van der Waals surface area contributed by atoms with Crippen molar-refractivity contribution in [3.8, 4) is 0 Å². The summed E-state index contributed by atoms with van der Waals surface area (Å²) in [5.74, 6) is -1.64. The molecule has 2 rings (SSSR count). The van der Waals surface area contributed by atoms with Crippen LogP contribution in [0.25, 0.3) is 0 Å². The Hall–Kier alpha value is 0.783. The van der Waals surface area contributed by atoms with Gasteiger partial charge in [-0.05, 0) is 49.7 Å². The van der Waals surface area contributed by atoms with Gasteiger partial charge in [0.05, 0.1) is 22.2 Å². The number of rotatable bonds is 6. The predicted molar refractivity (Wildman–Crippen MR) is 92.5 cm³/mol. The van der Waals surface area contributed by atoms with E-state index in [9.17, 15) is 22.9 Å². The predicted octanol–water partition coefficient (Wildman–Crippen LogP) is -3.55. The molecule has 0 bridgehead atoms. The number of nitrogens with zero attached hydrogens (tertiary/aromatic N) is 3. The van der Waals surface area contributed by atoms with Gasteiger partial charge in [-0.25, -0.2) is 13.4 Å². The summed E-state index contributed by atoms with van der Waals surface area (Å²) >= 11 is 5.92. The minimum absolute atomic E-state index is 0. The molecule has 0 spiro atoms. The molecule has 28 heavy (non-hydrogen) atoms. The topological polar surface area (TPSA) is 125 Å². The zero-order valence-corrected chi connectivity index (χ0v) is 23.7. The summed E-state index contributed by atoms with van der Waals surface area (Å²) in [6.45, 7) is 3.73. The van der Waals surface area contributed by atoms with Gasteiger partial charge in [0, 0.05) is 17.1 Å². The Labute approximate surface area is 253 Å². The van der Waals surface area contributed by atoms with E-state index in [2.05, 4.69) is 10.3 Å². The van der Waals surface area contributed by atoms with Gasteiger partial charge in [0.15, 0.2) is 0 Å². The van der Waals surface area contributed by atoms with Crippen molar-refractivity contribution in [2.45, 2.75) is 18.7 Å². The van der Waals surface area contributed by atoms with E-state index in [0.717, 1.165) is 17.7 Å². The molecule has 0 N–H and O–H groups in total. The average molecular weight is 474 g/mol. The smallest absolute Gasteiger partial charge is 0.744 e. The summed E-state index contributed by atoms with van der Waals surface area (Å²) in [6, 6.07) is 7.98. The number of anilines is 1. The van der Waals surface area contributed by atoms with Crippen LogP contribution in [-0.4, -0.2) is 25.5 Å². The summed E-state index contributed by atoms with van der Waals surface area (Å²) in [5.41, 5.74) is 0.862. The molecule has 8 nitrogen and oxygen atoms in total. The van der Waals surface area contributed by atoms with E-state index >= 15 is 0 Å². The van der Waals surface area contributed by atoms with Crippen LogP contribution in [0.1, 0.15) is 22.8 Å². The van der Waals surface area contributed by atoms with Crippen molar-refractivity contribution in [1.29, 1.82) is 0 Å². The Bertz CT molecular complexity index is 986. The minimum atomic E-state index is -4.80. The van der Waals surface area contributed by atoms with Gasteiger partial charge >= 0.3 is 103 Å². The van der Waals surface area contributed by atoms with E-state index in [1.165, 1.54) is 11.1 Å². The van der Waals surface area contributed by atoms with E-state index in [1.54, 1.807) is 25.1 Å². The Balaban J connectivity index is 0.00000364. The normalized spacial score (nSPS) is 10.9. The summed E-state index contributed by atoms with van der Waals surface area (Å²) in [7, 11) is -4.80. The zero-order chi connectivity index (χ0) is 19.5. The third-order valence-electron chi connectivity index (χ3n) is 3.49. The number of aryl methyl sites for hydroxylation is 1. The van der Waals surface area contributed by atoms with Crippen molar-refractivity contribution < 1.29 is 126 Å². The average Bonchev–Trinajstić information content (AvgIpc) is 2.57. The Morgan fingerprint density at radius 3 is 2.36 bits per heavy atom. The maximum absolute atomic E-state index is 11.4. The van der Waals surface area contributed by atoms with Gasteiger partial charge in [-0.2, -0.15) is 0 Å². The fourth-order valence-electron chi connectivity index (χ4n) is 2.13. The largest absolute Gasteiger partial charge is 1.00 e. The SMILES string of the molecule is CCN(N=Nc1cc(Cl)ccc1C)c1ccc(S(=O)(=O)[O-])cc1C(=O)[O-].[K+].[K+]. The fourth-order valence-corrected chi connectivity index (χ4v) is 2.80. The van der Waals surface area contributed by atoms with Crippen LogP contribution in [0.3, 0.4) is 0 Å². The second kappa shape index (κ2) is 12.6. The van der Waals surface area contributed by atoms with Gasteiger partial charge in [-0.3, -0.25) is 0 Å². The Morgan fingerprint density at radius 2 is 1.82 bits per heavy atom. The monoisotopic (exact) mass is 473 g/mol. The maximum Gasteiger partial charge on any atom is 1.00 e. The third kappa shape index (κ3) is 7.80. The Morgan fingerprint density at radius 1 is 1.18 bits per heavy atom. The maximum atomic E-state index is 11.4. The number of aromatic carboxylic acids is 1. The number of benzene rings is 2. The first kappa shape index (κ1) is 28.8. The minimum Gasteiger partial charge on any atom is -0.744 e. The van der Waals surface area contributed by atoms with Crippen molar-refractivity contribution in [2.75, 3.05) is 11.6 Å². The molecule has 138 valence electrons. The van der Waals surface area contributed by atoms with E-state index in [0.29, 0.717) is 10.7 Å². The number of carbonyl (C=O) groups excluding carboxylic acids is 1. The van der Waals surface area contributed by atoms with Gasteiger partial charge < -0.3 is 14.5 Å². The van der Waals surface area contributed by atoms with Crippen LogP contribution in [0.2, 0.25) is 5.02 Å². The van der Waals surface area contributed by atoms with E-state index in [1.807, 2.05) is 6.92 Å². The number of carboxylic acids is 1. The molecule has 0 saturated heterocycles. The second-order valence-electron chi connectivity index (χ2n) is 5.26. The van der Waals surface area contributed by atoms with Gasteiger partial charge in [0.1, 0.15) is 10.1 Å². The number of carboxylic acid groups (broad SMARTS) is 1. The molecule has 0 amide bonds. The quantitative estimate of drug-likeness (QED) is 0.185. The van der Waals surface area contributed by atoms with E-state index < -0.39 is 26.5 Å². The zero-order valence-electron chi connectivity index (χ0n) is 15.8. The summed E-state index contributed by atoms with van der Waals surface area (Å²) < 4.78 is 33.3. The van der Waals surface area contributed by atoms with Crippen molar-refractivity contribution in [3.63, 3.8) is 0 Å². The summed E-state index contributed by atoms with van der Waals surface area (Å²) in [6.07, 6.45) is 0. The summed E-state index contributed by atoms with van der Waals surface area (Å²) in [5, 5.41) is 21.1. The molecule has 0 fully saturated rings. The number of hydrogen-bond acceptors (Lipinski definition) is 7. The first-order valence-electron chi connectivity index (χ1n) is 7.40. The molecule has 0 aromatic heterocycles. The number of halogens is 1.